The molecule has 2 N–H and O–H groups in total. The summed E-state index contributed by atoms with van der Waals surface area (Å²) in [6, 6.07) is 16.5. The molecule has 1 fully saturated rings. The lowest BCUT2D eigenvalue weighted by Gasteiger charge is -2.40. The van der Waals surface area contributed by atoms with Gasteiger partial charge < -0.3 is 10.4 Å². The number of carboxylic acids is 1. The molecule has 1 aliphatic rings. The number of rotatable bonds is 5. The third kappa shape index (κ3) is 4.02. The van der Waals surface area contributed by atoms with Crippen molar-refractivity contribution in [3.63, 3.8) is 0 Å². The first-order chi connectivity index (χ1) is 12.0. The van der Waals surface area contributed by atoms with Crippen LogP contribution in [0.15, 0.2) is 48.5 Å². The van der Waals surface area contributed by atoms with Gasteiger partial charge in [-0.3, -0.25) is 4.90 Å². The van der Waals surface area contributed by atoms with Crippen LogP contribution in [0.4, 0.5) is 5.69 Å². The molecule has 0 bridgehead atoms. The number of hydrogen-bond donors (Lipinski definition) is 2. The highest BCUT2D eigenvalue weighted by atomic mass is 16.4. The molecule has 0 atom stereocenters. The minimum Gasteiger partial charge on any atom is -0.480 e. The van der Waals surface area contributed by atoms with Crippen LogP contribution in [0.2, 0.25) is 0 Å². The number of aliphatic carboxylic acids is 1. The van der Waals surface area contributed by atoms with Crippen LogP contribution in [0.25, 0.3) is 0 Å². The van der Waals surface area contributed by atoms with Crippen LogP contribution in [0.3, 0.4) is 0 Å². The van der Waals surface area contributed by atoms with Crippen molar-refractivity contribution < 1.29 is 9.90 Å². The van der Waals surface area contributed by atoms with Crippen molar-refractivity contribution in [1.82, 2.24) is 4.90 Å². The average Bonchev–Trinajstić information content (AvgIpc) is 2.61. The maximum atomic E-state index is 12.1. The summed E-state index contributed by atoms with van der Waals surface area (Å²) in [4.78, 5) is 14.4. The smallest absolute Gasteiger partial charge is 0.329 e. The normalized spacial score (nSPS) is 17.2. The van der Waals surface area contributed by atoms with E-state index in [4.69, 9.17) is 0 Å². The highest BCUT2D eigenvalue weighted by Gasteiger charge is 2.41. The standard InChI is InChI=1S/C21H26N2O2/c1-16-8-9-17(2)19(14-16)22-21(20(24)25)10-12-23(13-11-21)15-18-6-4-3-5-7-18/h3-9,14,22H,10-13,15H2,1-2H3,(H,24,25). The predicted octanol–water partition coefficient (Wildman–Crippen LogP) is 3.83. The number of aryl methyl sites for hydroxylation is 2. The number of benzene rings is 2. The molecular formula is C21H26N2O2. The second kappa shape index (κ2) is 7.28. The molecule has 132 valence electrons. The van der Waals surface area contributed by atoms with Gasteiger partial charge in [0.05, 0.1) is 0 Å². The molecule has 0 radical (unpaired) electrons. The van der Waals surface area contributed by atoms with Crippen molar-refractivity contribution in [2.24, 2.45) is 0 Å². The van der Waals surface area contributed by atoms with Crippen LogP contribution < -0.4 is 5.32 Å². The third-order valence-corrected chi connectivity index (χ3v) is 5.14. The first-order valence-electron chi connectivity index (χ1n) is 8.84. The van der Waals surface area contributed by atoms with Crippen LogP contribution in [0, 0.1) is 13.8 Å². The summed E-state index contributed by atoms with van der Waals surface area (Å²) in [6.45, 7) is 6.47. The van der Waals surface area contributed by atoms with Crippen molar-refractivity contribution in [2.75, 3.05) is 18.4 Å². The Hall–Kier alpha value is -2.33. The monoisotopic (exact) mass is 338 g/mol. The summed E-state index contributed by atoms with van der Waals surface area (Å²) < 4.78 is 0. The van der Waals surface area contributed by atoms with Gasteiger partial charge in [-0.1, -0.05) is 42.5 Å². The summed E-state index contributed by atoms with van der Waals surface area (Å²) in [5.74, 6) is -0.757. The molecule has 0 spiro atoms. The summed E-state index contributed by atoms with van der Waals surface area (Å²) in [6.07, 6.45) is 1.20. The van der Waals surface area contributed by atoms with Gasteiger partial charge in [-0.2, -0.15) is 0 Å². The Kier molecular flexibility index (Phi) is 5.09. The van der Waals surface area contributed by atoms with Crippen LogP contribution in [0.5, 0.6) is 0 Å². The molecule has 0 saturated carbocycles. The van der Waals surface area contributed by atoms with Crippen molar-refractivity contribution in [3.05, 3.63) is 65.2 Å². The van der Waals surface area contributed by atoms with E-state index in [9.17, 15) is 9.90 Å². The molecule has 4 heteroatoms. The molecule has 2 aromatic carbocycles. The highest BCUT2D eigenvalue weighted by Crippen LogP contribution is 2.30. The van der Waals surface area contributed by atoms with Gasteiger partial charge in [-0.25, -0.2) is 4.79 Å². The van der Waals surface area contributed by atoms with Crippen molar-refractivity contribution in [3.8, 4) is 0 Å². The van der Waals surface area contributed by atoms with E-state index in [1.807, 2.05) is 44.2 Å². The molecule has 0 aliphatic carbocycles. The van der Waals surface area contributed by atoms with Gasteiger partial charge >= 0.3 is 5.97 Å². The van der Waals surface area contributed by atoms with Crippen LogP contribution in [-0.4, -0.2) is 34.6 Å². The molecule has 0 aromatic heterocycles. The number of likely N-dealkylation sites (tertiary alicyclic amines) is 1. The van der Waals surface area contributed by atoms with Gasteiger partial charge in [0.15, 0.2) is 0 Å². The number of carboxylic acid groups (broad SMARTS) is 1. The summed E-state index contributed by atoms with van der Waals surface area (Å²) in [5, 5.41) is 13.3. The van der Waals surface area contributed by atoms with Crippen LogP contribution >= 0.6 is 0 Å². The number of anilines is 1. The number of nitrogens with zero attached hydrogens (tertiary/aromatic N) is 1. The molecule has 25 heavy (non-hydrogen) atoms. The zero-order valence-corrected chi connectivity index (χ0v) is 15.0. The molecule has 3 rings (SSSR count). The van der Waals surface area contributed by atoms with E-state index in [1.54, 1.807) is 0 Å². The maximum absolute atomic E-state index is 12.1. The highest BCUT2D eigenvalue weighted by molar-refractivity contribution is 5.83. The van der Waals surface area contributed by atoms with Gasteiger partial charge in [0.2, 0.25) is 0 Å². The van der Waals surface area contributed by atoms with Gasteiger partial charge in [-0.05, 0) is 49.4 Å². The number of hydrogen-bond acceptors (Lipinski definition) is 3. The largest absolute Gasteiger partial charge is 0.480 e. The van der Waals surface area contributed by atoms with Crippen LogP contribution in [0.1, 0.15) is 29.5 Å². The molecule has 4 nitrogen and oxygen atoms in total. The van der Waals surface area contributed by atoms with Crippen molar-refractivity contribution in [2.45, 2.75) is 38.8 Å². The molecular weight excluding hydrogens is 312 g/mol. The molecule has 1 saturated heterocycles. The average molecular weight is 338 g/mol. The van der Waals surface area contributed by atoms with Crippen molar-refractivity contribution in [1.29, 1.82) is 0 Å². The van der Waals surface area contributed by atoms with Crippen LogP contribution in [-0.2, 0) is 11.3 Å². The fraction of sp³-hybridized carbons (Fsp3) is 0.381. The second-order valence-electron chi connectivity index (χ2n) is 7.09. The van der Waals surface area contributed by atoms with Gasteiger partial charge in [0.25, 0.3) is 0 Å². The third-order valence-electron chi connectivity index (χ3n) is 5.14. The lowest BCUT2D eigenvalue weighted by molar-refractivity contribution is -0.144. The first-order valence-corrected chi connectivity index (χ1v) is 8.84. The molecule has 1 heterocycles. The van der Waals surface area contributed by atoms with E-state index in [0.29, 0.717) is 12.8 Å². The SMILES string of the molecule is Cc1ccc(C)c(NC2(C(=O)O)CCN(Cc3ccccc3)CC2)c1. The first kappa shape index (κ1) is 17.5. The molecule has 0 unspecified atom stereocenters. The fourth-order valence-electron chi connectivity index (χ4n) is 3.46. The van der Waals surface area contributed by atoms with Gasteiger partial charge in [-0.15, -0.1) is 0 Å². The lowest BCUT2D eigenvalue weighted by atomic mass is 9.86. The molecule has 2 aromatic rings. The van der Waals surface area contributed by atoms with E-state index < -0.39 is 11.5 Å². The summed E-state index contributed by atoms with van der Waals surface area (Å²) >= 11 is 0. The number of piperidine rings is 1. The Morgan fingerprint density at radius 1 is 1.12 bits per heavy atom. The lowest BCUT2D eigenvalue weighted by Crippen LogP contribution is -2.54. The second-order valence-corrected chi connectivity index (χ2v) is 7.09. The Labute approximate surface area is 149 Å². The number of carbonyl (C=O) groups is 1. The molecule has 0 amide bonds. The zero-order valence-electron chi connectivity index (χ0n) is 15.0. The fourth-order valence-corrected chi connectivity index (χ4v) is 3.46. The van der Waals surface area contributed by atoms with E-state index in [1.165, 1.54) is 5.56 Å². The van der Waals surface area contributed by atoms with Gasteiger partial charge in [0, 0.05) is 25.3 Å². The minimum absolute atomic E-state index is 0.600. The summed E-state index contributed by atoms with van der Waals surface area (Å²) in [7, 11) is 0. The van der Waals surface area contributed by atoms with E-state index in [2.05, 4.69) is 28.4 Å². The summed E-state index contributed by atoms with van der Waals surface area (Å²) in [5.41, 5.74) is 3.53. The van der Waals surface area contributed by atoms with E-state index in [0.717, 1.165) is 36.4 Å². The Morgan fingerprint density at radius 3 is 2.44 bits per heavy atom. The zero-order chi connectivity index (χ0) is 17.9. The van der Waals surface area contributed by atoms with E-state index >= 15 is 0 Å². The molecule has 1 aliphatic heterocycles. The minimum atomic E-state index is -0.883. The quantitative estimate of drug-likeness (QED) is 0.870. The van der Waals surface area contributed by atoms with Crippen molar-refractivity contribution >= 4 is 11.7 Å². The maximum Gasteiger partial charge on any atom is 0.329 e. The van der Waals surface area contributed by atoms with Gasteiger partial charge in [0.1, 0.15) is 5.54 Å². The topological polar surface area (TPSA) is 52.6 Å². The van der Waals surface area contributed by atoms with E-state index in [-0.39, 0.29) is 0 Å². The Balaban J connectivity index is 1.71. The Bertz CT molecular complexity index is 735. The predicted molar refractivity (Wildman–Crippen MR) is 101 cm³/mol. The Morgan fingerprint density at radius 2 is 1.80 bits per heavy atom. The number of nitrogens with one attached hydrogen (secondary N) is 1.